The number of carbonyl (C=O) groups excluding carboxylic acids is 3. The van der Waals surface area contributed by atoms with Crippen LogP contribution in [0.3, 0.4) is 0 Å². The summed E-state index contributed by atoms with van der Waals surface area (Å²) in [6.45, 7) is 3.28. The van der Waals surface area contributed by atoms with Gasteiger partial charge in [0.25, 0.3) is 11.8 Å². The summed E-state index contributed by atoms with van der Waals surface area (Å²) in [4.78, 5) is 40.2. The predicted octanol–water partition coefficient (Wildman–Crippen LogP) is 2.55. The van der Waals surface area contributed by atoms with Gasteiger partial charge in [-0.25, -0.2) is 4.39 Å². The summed E-state index contributed by atoms with van der Waals surface area (Å²) in [5, 5.41) is 5.71. The number of piperidine rings is 1. The number of aryl methyl sites for hydroxylation is 1. The Kier molecular flexibility index (Phi) is 8.54. The van der Waals surface area contributed by atoms with Gasteiger partial charge in [0.2, 0.25) is 5.91 Å². The molecule has 0 unspecified atom stereocenters. The second kappa shape index (κ2) is 11.6. The molecule has 2 N–H and O–H groups in total. The first-order chi connectivity index (χ1) is 15.9. The molecule has 1 atom stereocenters. The van der Waals surface area contributed by atoms with E-state index in [-0.39, 0.29) is 29.2 Å². The molecule has 0 spiro atoms. The van der Waals surface area contributed by atoms with Crippen molar-refractivity contribution in [2.75, 3.05) is 33.4 Å². The largest absolute Gasteiger partial charge is 0.383 e. The van der Waals surface area contributed by atoms with E-state index in [1.165, 1.54) is 12.1 Å². The summed E-state index contributed by atoms with van der Waals surface area (Å²) in [7, 11) is 1.55. The van der Waals surface area contributed by atoms with Gasteiger partial charge >= 0.3 is 0 Å². The molecule has 2 aromatic carbocycles. The van der Waals surface area contributed by atoms with E-state index >= 15 is 0 Å². The van der Waals surface area contributed by atoms with Crippen molar-refractivity contribution < 1.29 is 23.5 Å². The fraction of sp³-hybridized carbons (Fsp3) is 0.400. The molecular formula is C25H30FN3O4. The molecule has 1 aliphatic heterocycles. The van der Waals surface area contributed by atoms with E-state index in [1.807, 2.05) is 19.1 Å². The van der Waals surface area contributed by atoms with Gasteiger partial charge in [0.05, 0.1) is 12.2 Å². The molecule has 1 fully saturated rings. The third-order valence-electron chi connectivity index (χ3n) is 5.97. The minimum atomic E-state index is -0.750. The van der Waals surface area contributed by atoms with E-state index in [2.05, 4.69) is 10.6 Å². The van der Waals surface area contributed by atoms with Gasteiger partial charge in [-0.3, -0.25) is 14.4 Å². The number of amides is 3. The summed E-state index contributed by atoms with van der Waals surface area (Å²) in [6, 6.07) is 12.4. The van der Waals surface area contributed by atoms with Crippen LogP contribution in [0.5, 0.6) is 0 Å². The normalized spacial score (nSPS) is 15.1. The van der Waals surface area contributed by atoms with Crippen molar-refractivity contribution >= 4 is 17.7 Å². The third-order valence-corrected chi connectivity index (χ3v) is 5.97. The molecule has 8 heteroatoms. The van der Waals surface area contributed by atoms with Gasteiger partial charge in [-0.2, -0.15) is 0 Å². The number of hydrogen-bond donors (Lipinski definition) is 2. The summed E-state index contributed by atoms with van der Waals surface area (Å²) >= 11 is 0. The van der Waals surface area contributed by atoms with Crippen LogP contribution in [0, 0.1) is 18.7 Å². The average Bonchev–Trinajstić information content (AvgIpc) is 2.83. The molecule has 1 heterocycles. The minimum Gasteiger partial charge on any atom is -0.383 e. The van der Waals surface area contributed by atoms with Gasteiger partial charge in [0, 0.05) is 32.3 Å². The van der Waals surface area contributed by atoms with Crippen molar-refractivity contribution in [2.45, 2.75) is 25.8 Å². The van der Waals surface area contributed by atoms with Crippen LogP contribution < -0.4 is 10.6 Å². The maximum atomic E-state index is 14.0. The number of likely N-dealkylation sites (tertiary alicyclic amines) is 1. The van der Waals surface area contributed by atoms with Crippen LogP contribution in [0.15, 0.2) is 48.5 Å². The molecule has 176 valence electrons. The summed E-state index contributed by atoms with van der Waals surface area (Å²) in [5.41, 5.74) is 1.37. The van der Waals surface area contributed by atoms with Crippen LogP contribution in [0.4, 0.5) is 4.39 Å². The van der Waals surface area contributed by atoms with E-state index < -0.39 is 11.9 Å². The standard InChI is InChI=1S/C25H30FN3O4/c1-17-7-3-4-8-19(17)23(30)28-22(24(31)27-13-16-33-2)18-11-14-29(15-12-18)25(32)20-9-5-6-10-21(20)26/h3-10,18,22H,11-16H2,1-2H3,(H,27,31)(H,28,30)/t22-/m0/s1. The third kappa shape index (κ3) is 6.16. The van der Waals surface area contributed by atoms with E-state index in [4.69, 9.17) is 4.74 Å². The Morgan fingerprint density at radius 1 is 1.06 bits per heavy atom. The number of nitrogens with one attached hydrogen (secondary N) is 2. The molecule has 0 aromatic heterocycles. The summed E-state index contributed by atoms with van der Waals surface area (Å²) in [6.07, 6.45) is 1.02. The maximum absolute atomic E-state index is 14.0. The molecule has 0 bridgehead atoms. The van der Waals surface area contributed by atoms with E-state index in [0.29, 0.717) is 44.6 Å². The molecule has 2 aromatic rings. The Hall–Kier alpha value is -3.26. The van der Waals surface area contributed by atoms with Gasteiger partial charge in [0.1, 0.15) is 11.9 Å². The average molecular weight is 456 g/mol. The highest BCUT2D eigenvalue weighted by atomic mass is 19.1. The van der Waals surface area contributed by atoms with Crippen molar-refractivity contribution in [1.82, 2.24) is 15.5 Å². The first-order valence-electron chi connectivity index (χ1n) is 11.1. The monoisotopic (exact) mass is 455 g/mol. The van der Waals surface area contributed by atoms with Crippen LogP contribution in [0.25, 0.3) is 0 Å². The molecule has 0 radical (unpaired) electrons. The number of ether oxygens (including phenoxy) is 1. The maximum Gasteiger partial charge on any atom is 0.256 e. The lowest BCUT2D eigenvalue weighted by molar-refractivity contribution is -0.124. The Morgan fingerprint density at radius 3 is 2.33 bits per heavy atom. The van der Waals surface area contributed by atoms with Gasteiger partial charge in [-0.15, -0.1) is 0 Å². The summed E-state index contributed by atoms with van der Waals surface area (Å²) < 4.78 is 19.0. The topological polar surface area (TPSA) is 87.7 Å². The number of methoxy groups -OCH3 is 1. The molecule has 3 amide bonds. The fourth-order valence-corrected chi connectivity index (χ4v) is 4.07. The first-order valence-corrected chi connectivity index (χ1v) is 11.1. The second-order valence-electron chi connectivity index (χ2n) is 8.16. The smallest absolute Gasteiger partial charge is 0.256 e. The van der Waals surface area contributed by atoms with Crippen LogP contribution in [0.2, 0.25) is 0 Å². The second-order valence-corrected chi connectivity index (χ2v) is 8.16. The molecular weight excluding hydrogens is 425 g/mol. The van der Waals surface area contributed by atoms with Crippen molar-refractivity contribution in [2.24, 2.45) is 5.92 Å². The van der Waals surface area contributed by atoms with E-state index in [1.54, 1.807) is 36.3 Å². The Bertz CT molecular complexity index is 989. The van der Waals surface area contributed by atoms with Crippen molar-refractivity contribution in [3.8, 4) is 0 Å². The fourth-order valence-electron chi connectivity index (χ4n) is 4.07. The van der Waals surface area contributed by atoms with E-state index in [0.717, 1.165) is 5.56 Å². The summed E-state index contributed by atoms with van der Waals surface area (Å²) in [5.74, 6) is -1.68. The van der Waals surface area contributed by atoms with Crippen molar-refractivity contribution in [1.29, 1.82) is 0 Å². The van der Waals surface area contributed by atoms with Crippen LogP contribution in [0.1, 0.15) is 39.1 Å². The van der Waals surface area contributed by atoms with Crippen LogP contribution >= 0.6 is 0 Å². The van der Waals surface area contributed by atoms with Gasteiger partial charge in [-0.1, -0.05) is 30.3 Å². The van der Waals surface area contributed by atoms with Crippen molar-refractivity contribution in [3.63, 3.8) is 0 Å². The Labute approximate surface area is 193 Å². The minimum absolute atomic E-state index is 0.0395. The van der Waals surface area contributed by atoms with E-state index in [9.17, 15) is 18.8 Å². The SMILES string of the molecule is COCCNC(=O)[C@@H](NC(=O)c1ccccc1C)C1CCN(C(=O)c2ccccc2F)CC1. The molecule has 0 saturated carbocycles. The lowest BCUT2D eigenvalue weighted by Gasteiger charge is -2.36. The lowest BCUT2D eigenvalue weighted by atomic mass is 9.88. The number of nitrogens with zero attached hydrogens (tertiary/aromatic N) is 1. The zero-order valence-corrected chi connectivity index (χ0v) is 19.0. The molecule has 1 saturated heterocycles. The number of rotatable bonds is 8. The van der Waals surface area contributed by atoms with Gasteiger partial charge in [-0.05, 0) is 49.4 Å². The number of benzene rings is 2. The first kappa shape index (κ1) is 24.4. The lowest BCUT2D eigenvalue weighted by Crippen LogP contribution is -2.54. The molecule has 1 aliphatic rings. The quantitative estimate of drug-likeness (QED) is 0.599. The number of halogens is 1. The van der Waals surface area contributed by atoms with Crippen LogP contribution in [-0.2, 0) is 9.53 Å². The number of hydrogen-bond acceptors (Lipinski definition) is 4. The highest BCUT2D eigenvalue weighted by molar-refractivity contribution is 5.98. The zero-order chi connectivity index (χ0) is 23.8. The molecule has 3 rings (SSSR count). The predicted molar refractivity (Wildman–Crippen MR) is 122 cm³/mol. The highest BCUT2D eigenvalue weighted by Crippen LogP contribution is 2.24. The highest BCUT2D eigenvalue weighted by Gasteiger charge is 2.34. The molecule has 7 nitrogen and oxygen atoms in total. The van der Waals surface area contributed by atoms with Gasteiger partial charge in [0.15, 0.2) is 0 Å². The zero-order valence-electron chi connectivity index (χ0n) is 19.0. The molecule has 0 aliphatic carbocycles. The van der Waals surface area contributed by atoms with Crippen molar-refractivity contribution in [3.05, 3.63) is 71.0 Å². The van der Waals surface area contributed by atoms with Gasteiger partial charge < -0.3 is 20.3 Å². The Balaban J connectivity index is 1.70. The Morgan fingerprint density at radius 2 is 1.70 bits per heavy atom. The van der Waals surface area contributed by atoms with Crippen LogP contribution in [-0.4, -0.2) is 62.0 Å². The number of carbonyl (C=O) groups is 3. The molecule has 33 heavy (non-hydrogen) atoms.